The second kappa shape index (κ2) is 14.1. The van der Waals surface area contributed by atoms with Gasteiger partial charge in [0.05, 0.1) is 13.2 Å². The lowest BCUT2D eigenvalue weighted by Gasteiger charge is -2.10. The average Bonchev–Trinajstić information content (AvgIpc) is 2.54. The van der Waals surface area contributed by atoms with Crippen LogP contribution >= 0.6 is 36.2 Å². The van der Waals surface area contributed by atoms with E-state index in [2.05, 4.69) is 33.4 Å². The van der Waals surface area contributed by atoms with Gasteiger partial charge in [-0.2, -0.15) is 36.2 Å². The van der Waals surface area contributed by atoms with E-state index in [1.165, 1.54) is 5.75 Å². The molecule has 0 aromatic heterocycles. The average molecular weight is 389 g/mol. The van der Waals surface area contributed by atoms with Crippen molar-refractivity contribution >= 4 is 36.2 Å². The van der Waals surface area contributed by atoms with Crippen molar-refractivity contribution in [2.45, 2.75) is 38.9 Å². The molecule has 0 N–H and O–H groups in total. The number of hydrogen-bond acceptors (Lipinski definition) is 5. The molecule has 2 nitrogen and oxygen atoms in total. The maximum Gasteiger partial charge on any atom is 0.122 e. The van der Waals surface area contributed by atoms with Crippen molar-refractivity contribution < 1.29 is 9.47 Å². The molecule has 0 aliphatic heterocycles. The van der Waals surface area contributed by atoms with Crippen LogP contribution in [0.5, 0.6) is 11.5 Å². The normalized spacial score (nSPS) is 12.4. The van der Waals surface area contributed by atoms with E-state index >= 15 is 0 Å². The molecule has 0 radical (unpaired) electrons. The minimum atomic E-state index is 0.466. The van der Waals surface area contributed by atoms with Crippen LogP contribution in [0.25, 0.3) is 0 Å². The van der Waals surface area contributed by atoms with Gasteiger partial charge in [-0.25, -0.2) is 0 Å². The van der Waals surface area contributed by atoms with Crippen LogP contribution in [0.1, 0.15) is 33.6 Å². The van der Waals surface area contributed by atoms with Crippen LogP contribution in [0.3, 0.4) is 0 Å². The molecule has 0 spiro atoms. The van der Waals surface area contributed by atoms with Gasteiger partial charge in [0.25, 0.3) is 0 Å². The van der Waals surface area contributed by atoms with Gasteiger partial charge in [0.1, 0.15) is 11.5 Å². The SMILES string of the molecule is CC(C)CSCCCOc1cccc(OCCCSCC(C)S)c1. The molecule has 5 heteroatoms. The number of benzene rings is 1. The molecule has 1 aromatic carbocycles. The topological polar surface area (TPSA) is 18.5 Å². The van der Waals surface area contributed by atoms with Gasteiger partial charge in [0.15, 0.2) is 0 Å². The summed E-state index contributed by atoms with van der Waals surface area (Å²) in [5, 5.41) is 0.466. The molecule has 1 unspecified atom stereocenters. The molecular weight excluding hydrogens is 356 g/mol. The fourth-order valence-electron chi connectivity index (χ4n) is 1.93. The molecule has 0 saturated heterocycles. The van der Waals surface area contributed by atoms with Gasteiger partial charge in [0, 0.05) is 17.1 Å². The van der Waals surface area contributed by atoms with Gasteiger partial charge in [-0.05, 0) is 48.2 Å². The third kappa shape index (κ3) is 12.3. The first-order valence-corrected chi connectivity index (χ1v) is 11.6. The minimum absolute atomic E-state index is 0.466. The number of thioether (sulfide) groups is 2. The zero-order valence-corrected chi connectivity index (χ0v) is 17.7. The summed E-state index contributed by atoms with van der Waals surface area (Å²) in [5.41, 5.74) is 0. The van der Waals surface area contributed by atoms with Crippen LogP contribution in [0.2, 0.25) is 0 Å². The maximum absolute atomic E-state index is 5.82. The third-order valence-electron chi connectivity index (χ3n) is 3.02. The lowest BCUT2D eigenvalue weighted by molar-refractivity contribution is 0.303. The Morgan fingerprint density at radius 3 is 1.96 bits per heavy atom. The second-order valence-corrected chi connectivity index (χ2v) is 9.45. The summed E-state index contributed by atoms with van der Waals surface area (Å²) in [6.45, 7) is 8.17. The Hall–Kier alpha value is -0.130. The Morgan fingerprint density at radius 2 is 1.46 bits per heavy atom. The van der Waals surface area contributed by atoms with Gasteiger partial charge < -0.3 is 9.47 Å². The molecule has 1 aromatic rings. The second-order valence-electron chi connectivity index (χ2n) is 6.27. The van der Waals surface area contributed by atoms with Gasteiger partial charge in [-0.15, -0.1) is 0 Å². The predicted octanol–water partition coefficient (Wildman–Crippen LogP) is 5.67. The quantitative estimate of drug-likeness (QED) is 0.327. The zero-order chi connectivity index (χ0) is 17.6. The van der Waals surface area contributed by atoms with Gasteiger partial charge in [0.2, 0.25) is 0 Å². The van der Waals surface area contributed by atoms with Crippen molar-refractivity contribution in [2.24, 2.45) is 5.92 Å². The highest BCUT2D eigenvalue weighted by molar-refractivity contribution is 8.00. The lowest BCUT2D eigenvalue weighted by Crippen LogP contribution is -2.02. The molecule has 1 atom stereocenters. The summed E-state index contributed by atoms with van der Waals surface area (Å²) in [5.74, 6) is 7.18. The van der Waals surface area contributed by atoms with E-state index in [1.807, 2.05) is 47.8 Å². The standard InChI is InChI=1S/C19H32O2S3/c1-16(2)14-23-11-5-9-20-18-7-4-8-19(13-18)21-10-6-12-24-15-17(3)22/h4,7-8,13,16-17,22H,5-6,9-12,14-15H2,1-3H3. The molecule has 24 heavy (non-hydrogen) atoms. The van der Waals surface area contributed by atoms with Crippen LogP contribution in [0.15, 0.2) is 24.3 Å². The maximum atomic E-state index is 5.82. The minimum Gasteiger partial charge on any atom is -0.493 e. The van der Waals surface area contributed by atoms with Crippen molar-refractivity contribution in [2.75, 3.05) is 36.2 Å². The Kier molecular flexibility index (Phi) is 12.9. The van der Waals surface area contributed by atoms with E-state index in [9.17, 15) is 0 Å². The first-order chi connectivity index (χ1) is 11.6. The molecule has 0 saturated carbocycles. The van der Waals surface area contributed by atoms with E-state index < -0.39 is 0 Å². The van der Waals surface area contributed by atoms with Crippen molar-refractivity contribution in [3.63, 3.8) is 0 Å². The molecule has 0 aliphatic rings. The molecule has 0 fully saturated rings. The van der Waals surface area contributed by atoms with Crippen molar-refractivity contribution in [1.29, 1.82) is 0 Å². The lowest BCUT2D eigenvalue weighted by atomic mass is 10.3. The smallest absolute Gasteiger partial charge is 0.122 e. The first-order valence-electron chi connectivity index (χ1n) is 8.77. The fraction of sp³-hybridized carbons (Fsp3) is 0.684. The summed E-state index contributed by atoms with van der Waals surface area (Å²) in [7, 11) is 0. The van der Waals surface area contributed by atoms with Gasteiger partial charge in [-0.3, -0.25) is 0 Å². The molecule has 0 amide bonds. The summed E-state index contributed by atoms with van der Waals surface area (Å²) in [4.78, 5) is 0. The molecule has 0 aliphatic carbocycles. The third-order valence-corrected chi connectivity index (χ3v) is 6.24. The highest BCUT2D eigenvalue weighted by Crippen LogP contribution is 2.20. The monoisotopic (exact) mass is 388 g/mol. The summed E-state index contributed by atoms with van der Waals surface area (Å²) < 4.78 is 11.6. The molecular formula is C19H32O2S3. The number of ether oxygens (including phenoxy) is 2. The summed E-state index contributed by atoms with van der Waals surface area (Å²) in [6, 6.07) is 7.98. The molecule has 0 heterocycles. The number of hydrogen-bond donors (Lipinski definition) is 1. The largest absolute Gasteiger partial charge is 0.493 e. The highest BCUT2D eigenvalue weighted by atomic mass is 32.2. The fourth-order valence-corrected chi connectivity index (χ4v) is 4.03. The Labute approximate surface area is 162 Å². The highest BCUT2D eigenvalue weighted by Gasteiger charge is 2.00. The van der Waals surface area contributed by atoms with E-state index in [1.54, 1.807) is 0 Å². The van der Waals surface area contributed by atoms with E-state index in [-0.39, 0.29) is 0 Å². The van der Waals surface area contributed by atoms with Crippen molar-refractivity contribution in [1.82, 2.24) is 0 Å². The molecule has 0 bridgehead atoms. The Balaban J connectivity index is 2.12. The Morgan fingerprint density at radius 1 is 0.917 bits per heavy atom. The van der Waals surface area contributed by atoms with Crippen molar-refractivity contribution in [3.8, 4) is 11.5 Å². The predicted molar refractivity (Wildman–Crippen MR) is 115 cm³/mol. The van der Waals surface area contributed by atoms with Crippen LogP contribution in [0, 0.1) is 5.92 Å². The van der Waals surface area contributed by atoms with Crippen LogP contribution in [0.4, 0.5) is 0 Å². The van der Waals surface area contributed by atoms with E-state index in [4.69, 9.17) is 9.47 Å². The van der Waals surface area contributed by atoms with Gasteiger partial charge >= 0.3 is 0 Å². The number of thiol groups is 1. The first kappa shape index (κ1) is 21.9. The van der Waals surface area contributed by atoms with Crippen LogP contribution < -0.4 is 9.47 Å². The zero-order valence-electron chi connectivity index (χ0n) is 15.2. The van der Waals surface area contributed by atoms with Crippen molar-refractivity contribution in [3.05, 3.63) is 24.3 Å². The summed E-state index contributed by atoms with van der Waals surface area (Å²) >= 11 is 8.32. The van der Waals surface area contributed by atoms with E-state index in [0.717, 1.165) is 60.7 Å². The Bertz CT molecular complexity index is 390. The molecule has 138 valence electrons. The molecule has 1 rings (SSSR count). The van der Waals surface area contributed by atoms with Crippen LogP contribution in [-0.4, -0.2) is 41.5 Å². The van der Waals surface area contributed by atoms with Crippen LogP contribution in [-0.2, 0) is 0 Å². The van der Waals surface area contributed by atoms with Gasteiger partial charge in [-0.1, -0.05) is 26.8 Å². The van der Waals surface area contributed by atoms with E-state index in [0.29, 0.717) is 5.25 Å². The number of rotatable bonds is 14. The summed E-state index contributed by atoms with van der Waals surface area (Å²) in [6.07, 6.45) is 2.15.